The molecule has 0 atom stereocenters. The molecule has 0 bridgehead atoms. The van der Waals surface area contributed by atoms with Gasteiger partial charge in [0.15, 0.2) is 5.82 Å². The minimum atomic E-state index is -0.293. The zero-order valence-electron chi connectivity index (χ0n) is 18.3. The van der Waals surface area contributed by atoms with E-state index >= 15 is 0 Å². The monoisotopic (exact) mass is 460 g/mol. The maximum Gasteiger partial charge on any atom is 0.257 e. The van der Waals surface area contributed by atoms with E-state index in [-0.39, 0.29) is 11.8 Å². The second-order valence-corrected chi connectivity index (χ2v) is 8.32. The minimum Gasteiger partial charge on any atom is -0.383 e. The third-order valence-corrected chi connectivity index (χ3v) is 6.08. The largest absolute Gasteiger partial charge is 0.383 e. The van der Waals surface area contributed by atoms with E-state index in [2.05, 4.69) is 20.9 Å². The number of nitrogens with zero attached hydrogens (tertiary/aromatic N) is 1. The van der Waals surface area contributed by atoms with E-state index in [1.807, 2.05) is 60.8 Å². The number of hydrogen-bond acceptors (Lipinski definition) is 6. The quantitative estimate of drug-likeness (QED) is 0.323. The number of nitrogens with one attached hydrogen (secondary N) is 3. The molecule has 0 fully saturated rings. The number of amides is 2. The van der Waals surface area contributed by atoms with Gasteiger partial charge in [-0.1, -0.05) is 36.4 Å². The van der Waals surface area contributed by atoms with Gasteiger partial charge in [-0.2, -0.15) is 0 Å². The maximum absolute atomic E-state index is 13.2. The number of fused-ring (bicyclic) bond motifs is 1. The summed E-state index contributed by atoms with van der Waals surface area (Å²) in [4.78, 5) is 30.2. The van der Waals surface area contributed by atoms with E-state index in [1.165, 1.54) is 17.5 Å². The lowest BCUT2D eigenvalue weighted by molar-refractivity contribution is 0.0935. The van der Waals surface area contributed by atoms with E-state index in [9.17, 15) is 9.59 Å². The van der Waals surface area contributed by atoms with Crippen molar-refractivity contribution in [3.8, 4) is 0 Å². The van der Waals surface area contributed by atoms with Crippen molar-refractivity contribution in [3.63, 3.8) is 0 Å². The fourth-order valence-corrected chi connectivity index (χ4v) is 4.28. The molecule has 7 nitrogen and oxygen atoms in total. The molecule has 0 aliphatic carbocycles. The molecule has 0 saturated carbocycles. The first-order valence-electron chi connectivity index (χ1n) is 10.4. The first-order valence-corrected chi connectivity index (χ1v) is 11.3. The first kappa shape index (κ1) is 22.4. The fourth-order valence-electron chi connectivity index (χ4n) is 3.34. The van der Waals surface area contributed by atoms with Crippen LogP contribution in [0.25, 0.3) is 10.1 Å². The summed E-state index contributed by atoms with van der Waals surface area (Å²) in [7, 11) is 1.57. The van der Waals surface area contributed by atoms with E-state index in [1.54, 1.807) is 13.2 Å². The highest BCUT2D eigenvalue weighted by molar-refractivity contribution is 7.17. The SMILES string of the molecule is COCCNC(=O)c1cnc(Nc2ccccc2C)c(NC(=O)c2csc3ccccc23)c1. The number of carbonyl (C=O) groups is 2. The summed E-state index contributed by atoms with van der Waals surface area (Å²) in [6, 6.07) is 17.2. The topological polar surface area (TPSA) is 92.3 Å². The maximum atomic E-state index is 13.2. The van der Waals surface area contributed by atoms with Gasteiger partial charge in [-0.3, -0.25) is 9.59 Å². The van der Waals surface area contributed by atoms with E-state index in [0.29, 0.717) is 35.8 Å². The van der Waals surface area contributed by atoms with Gasteiger partial charge in [0.1, 0.15) is 0 Å². The normalized spacial score (nSPS) is 10.7. The summed E-state index contributed by atoms with van der Waals surface area (Å²) < 4.78 is 6.01. The van der Waals surface area contributed by atoms with Gasteiger partial charge >= 0.3 is 0 Å². The molecule has 0 radical (unpaired) electrons. The second-order valence-electron chi connectivity index (χ2n) is 7.41. The van der Waals surface area contributed by atoms with Crippen LogP contribution in [0.1, 0.15) is 26.3 Å². The molecular formula is C25H24N4O3S. The van der Waals surface area contributed by atoms with Gasteiger partial charge in [-0.05, 0) is 30.7 Å². The summed E-state index contributed by atoms with van der Waals surface area (Å²) in [5, 5.41) is 11.7. The third kappa shape index (κ3) is 5.19. The van der Waals surface area contributed by atoms with Crippen LogP contribution in [0.4, 0.5) is 17.2 Å². The highest BCUT2D eigenvalue weighted by atomic mass is 32.1. The van der Waals surface area contributed by atoms with Crippen LogP contribution >= 0.6 is 11.3 Å². The zero-order valence-corrected chi connectivity index (χ0v) is 19.2. The second kappa shape index (κ2) is 10.2. The molecule has 2 heterocycles. The fraction of sp³-hybridized carbons (Fsp3) is 0.160. The first-order chi connectivity index (χ1) is 16.1. The Morgan fingerprint density at radius 2 is 1.82 bits per heavy atom. The van der Waals surface area contributed by atoms with Crippen LogP contribution in [-0.2, 0) is 4.74 Å². The number of hydrogen-bond donors (Lipinski definition) is 3. The van der Waals surface area contributed by atoms with Crippen LogP contribution in [0.5, 0.6) is 0 Å². The van der Waals surface area contributed by atoms with Crippen molar-refractivity contribution in [2.75, 3.05) is 30.9 Å². The molecule has 2 aromatic carbocycles. The summed E-state index contributed by atoms with van der Waals surface area (Å²) in [6.45, 7) is 2.76. The number of pyridine rings is 1. The predicted octanol–water partition coefficient (Wildman–Crippen LogP) is 4.98. The molecule has 4 rings (SSSR count). The number of ether oxygens (including phenoxy) is 1. The third-order valence-electron chi connectivity index (χ3n) is 5.11. The number of aryl methyl sites for hydroxylation is 1. The van der Waals surface area contributed by atoms with Crippen molar-refractivity contribution < 1.29 is 14.3 Å². The Hall–Kier alpha value is -3.75. The number of anilines is 3. The predicted molar refractivity (Wildman–Crippen MR) is 133 cm³/mol. The Balaban J connectivity index is 1.66. The number of benzene rings is 2. The van der Waals surface area contributed by atoms with Crippen molar-refractivity contribution >= 4 is 50.4 Å². The van der Waals surface area contributed by atoms with Gasteiger partial charge in [0.05, 0.1) is 23.4 Å². The lowest BCUT2D eigenvalue weighted by Gasteiger charge is -2.15. The van der Waals surface area contributed by atoms with Crippen molar-refractivity contribution in [2.24, 2.45) is 0 Å². The van der Waals surface area contributed by atoms with Crippen molar-refractivity contribution in [1.82, 2.24) is 10.3 Å². The van der Waals surface area contributed by atoms with Crippen LogP contribution in [-0.4, -0.2) is 37.1 Å². The Morgan fingerprint density at radius 3 is 2.64 bits per heavy atom. The summed E-state index contributed by atoms with van der Waals surface area (Å²) in [5.74, 6) is -0.108. The molecule has 4 aromatic rings. The van der Waals surface area contributed by atoms with Crippen molar-refractivity contribution in [2.45, 2.75) is 6.92 Å². The molecule has 8 heteroatoms. The number of aromatic nitrogens is 1. The van der Waals surface area contributed by atoms with Gasteiger partial charge in [0, 0.05) is 41.0 Å². The lowest BCUT2D eigenvalue weighted by atomic mass is 10.1. The highest BCUT2D eigenvalue weighted by Crippen LogP contribution is 2.29. The molecule has 33 heavy (non-hydrogen) atoms. The smallest absolute Gasteiger partial charge is 0.257 e. The molecule has 3 N–H and O–H groups in total. The van der Waals surface area contributed by atoms with Crippen molar-refractivity contribution in [3.05, 3.63) is 82.9 Å². The van der Waals surface area contributed by atoms with Crippen LogP contribution in [0.15, 0.2) is 66.2 Å². The van der Waals surface area contributed by atoms with Gasteiger partial charge < -0.3 is 20.7 Å². The van der Waals surface area contributed by atoms with Gasteiger partial charge in [0.25, 0.3) is 11.8 Å². The van der Waals surface area contributed by atoms with E-state index < -0.39 is 0 Å². The molecule has 168 valence electrons. The molecule has 0 aliphatic heterocycles. The van der Waals surface area contributed by atoms with Gasteiger partial charge in [-0.15, -0.1) is 11.3 Å². The number of methoxy groups -OCH3 is 1. The number of para-hydroxylation sites is 1. The summed E-state index contributed by atoms with van der Waals surface area (Å²) in [5.41, 5.74) is 3.22. The van der Waals surface area contributed by atoms with Crippen LogP contribution in [0.2, 0.25) is 0 Å². The summed E-state index contributed by atoms with van der Waals surface area (Å²) in [6.07, 6.45) is 1.48. The summed E-state index contributed by atoms with van der Waals surface area (Å²) >= 11 is 1.51. The standard InChI is InChI=1S/C25H24N4O3S/c1-16-7-3-5-9-20(16)28-23-21(13-17(14-27-23)24(30)26-11-12-32-2)29-25(31)19-15-33-22-10-6-4-8-18(19)22/h3-10,13-15H,11-12H2,1-2H3,(H,26,30)(H,27,28)(H,29,31). The zero-order chi connectivity index (χ0) is 23.2. The van der Waals surface area contributed by atoms with Gasteiger partial charge in [0.2, 0.25) is 0 Å². The molecule has 2 aromatic heterocycles. The van der Waals surface area contributed by atoms with Crippen LogP contribution in [0, 0.1) is 6.92 Å². The molecule has 0 aliphatic rings. The average Bonchev–Trinajstić information content (AvgIpc) is 3.26. The number of rotatable bonds is 8. The van der Waals surface area contributed by atoms with Gasteiger partial charge in [-0.25, -0.2) is 4.98 Å². The number of thiophene rings is 1. The van der Waals surface area contributed by atoms with Crippen molar-refractivity contribution in [1.29, 1.82) is 0 Å². The molecule has 2 amide bonds. The lowest BCUT2D eigenvalue weighted by Crippen LogP contribution is -2.27. The molecular weight excluding hydrogens is 436 g/mol. The highest BCUT2D eigenvalue weighted by Gasteiger charge is 2.17. The average molecular weight is 461 g/mol. The molecule has 0 saturated heterocycles. The molecule has 0 spiro atoms. The Morgan fingerprint density at radius 1 is 1.03 bits per heavy atom. The Bertz CT molecular complexity index is 1300. The van der Waals surface area contributed by atoms with E-state index in [4.69, 9.17) is 4.74 Å². The van der Waals surface area contributed by atoms with Crippen LogP contribution < -0.4 is 16.0 Å². The minimum absolute atomic E-state index is 0.265. The van der Waals surface area contributed by atoms with E-state index in [0.717, 1.165) is 21.3 Å². The molecule has 0 unspecified atom stereocenters. The number of carbonyl (C=O) groups excluding carboxylic acids is 2. The Kier molecular flexibility index (Phi) is 6.97. The Labute approximate surface area is 195 Å². The van der Waals surface area contributed by atoms with Crippen LogP contribution in [0.3, 0.4) is 0 Å².